The van der Waals surface area contributed by atoms with Crippen molar-refractivity contribution in [3.8, 4) is 11.1 Å². The van der Waals surface area contributed by atoms with E-state index in [4.69, 9.17) is 0 Å². The van der Waals surface area contributed by atoms with Crippen LogP contribution in [0.15, 0.2) is 42.0 Å². The fraction of sp³-hybridized carbons (Fsp3) is 0.391. The molecule has 0 saturated heterocycles. The van der Waals surface area contributed by atoms with Gasteiger partial charge in [-0.25, -0.2) is 0 Å². The molecule has 23 heavy (non-hydrogen) atoms. The molecule has 0 atom stereocenters. The fourth-order valence-corrected chi connectivity index (χ4v) is 3.72. The molecule has 0 N–H and O–H groups in total. The molecule has 2 aromatic rings. The van der Waals surface area contributed by atoms with Crippen LogP contribution in [0, 0.1) is 0 Å². The van der Waals surface area contributed by atoms with E-state index in [1.807, 2.05) is 0 Å². The summed E-state index contributed by atoms with van der Waals surface area (Å²) in [5.74, 6) is 0.529. The molecule has 1 aliphatic rings. The first-order valence-corrected chi connectivity index (χ1v) is 8.72. The van der Waals surface area contributed by atoms with Crippen LogP contribution in [0.4, 0.5) is 0 Å². The van der Waals surface area contributed by atoms with Gasteiger partial charge in [0.15, 0.2) is 0 Å². The van der Waals surface area contributed by atoms with Gasteiger partial charge in [0.05, 0.1) is 0 Å². The molecule has 0 radical (unpaired) electrons. The Balaban J connectivity index is 2.37. The van der Waals surface area contributed by atoms with Gasteiger partial charge in [0.2, 0.25) is 0 Å². The Morgan fingerprint density at radius 3 is 2.30 bits per heavy atom. The van der Waals surface area contributed by atoms with E-state index in [-0.39, 0.29) is 5.41 Å². The zero-order valence-electron chi connectivity index (χ0n) is 15.3. The van der Waals surface area contributed by atoms with E-state index in [0.29, 0.717) is 5.92 Å². The van der Waals surface area contributed by atoms with Crippen LogP contribution < -0.4 is 0 Å². The Bertz CT molecular complexity index is 767. The Hall–Kier alpha value is -1.82. The second-order valence-electron chi connectivity index (χ2n) is 8.22. The van der Waals surface area contributed by atoms with E-state index in [0.717, 1.165) is 6.42 Å². The Morgan fingerprint density at radius 1 is 0.957 bits per heavy atom. The van der Waals surface area contributed by atoms with Crippen molar-refractivity contribution in [2.45, 2.75) is 59.3 Å². The summed E-state index contributed by atoms with van der Waals surface area (Å²) in [7, 11) is 0. The molecule has 0 heteroatoms. The predicted molar refractivity (Wildman–Crippen MR) is 102 cm³/mol. The molecule has 0 aliphatic heterocycles. The van der Waals surface area contributed by atoms with E-state index < -0.39 is 0 Å². The first-order valence-electron chi connectivity index (χ1n) is 8.72. The highest BCUT2D eigenvalue weighted by Gasteiger charge is 2.25. The topological polar surface area (TPSA) is 0 Å². The van der Waals surface area contributed by atoms with Gasteiger partial charge in [0, 0.05) is 0 Å². The van der Waals surface area contributed by atoms with Crippen LogP contribution in [0.25, 0.3) is 17.2 Å². The first kappa shape index (κ1) is 16.1. The molecule has 1 aliphatic carbocycles. The second kappa shape index (κ2) is 5.67. The first-order chi connectivity index (χ1) is 10.8. The van der Waals surface area contributed by atoms with Crippen molar-refractivity contribution in [3.63, 3.8) is 0 Å². The smallest absolute Gasteiger partial charge is 0.00604 e. The molecule has 0 saturated carbocycles. The summed E-state index contributed by atoms with van der Waals surface area (Å²) in [5, 5.41) is 0. The summed E-state index contributed by atoms with van der Waals surface area (Å²) >= 11 is 0. The molecular formula is C23H28. The highest BCUT2D eigenvalue weighted by molar-refractivity contribution is 5.85. The minimum absolute atomic E-state index is 0.138. The fourth-order valence-electron chi connectivity index (χ4n) is 3.72. The van der Waals surface area contributed by atoms with E-state index in [1.54, 1.807) is 0 Å². The third-order valence-electron chi connectivity index (χ3n) is 4.86. The highest BCUT2D eigenvalue weighted by atomic mass is 14.3. The van der Waals surface area contributed by atoms with Crippen molar-refractivity contribution in [2.24, 2.45) is 0 Å². The molecule has 0 amide bonds. The maximum Gasteiger partial charge on any atom is -0.00604 e. The zero-order valence-corrected chi connectivity index (χ0v) is 15.3. The maximum atomic E-state index is 2.40. The Kier molecular flexibility index (Phi) is 3.96. The van der Waals surface area contributed by atoms with Crippen molar-refractivity contribution in [1.82, 2.24) is 0 Å². The maximum absolute atomic E-state index is 2.40. The lowest BCUT2D eigenvalue weighted by molar-refractivity contribution is 0.591. The summed E-state index contributed by atoms with van der Waals surface area (Å²) in [6, 6.07) is 13.6. The molecule has 2 aromatic carbocycles. The largest absolute Gasteiger partial charge is 0.0683 e. The lowest BCUT2D eigenvalue weighted by atomic mass is 9.77. The average Bonchev–Trinajstić information content (AvgIpc) is 2.85. The minimum Gasteiger partial charge on any atom is -0.0683 e. The van der Waals surface area contributed by atoms with E-state index in [9.17, 15) is 0 Å². The van der Waals surface area contributed by atoms with Crippen LogP contribution in [-0.4, -0.2) is 0 Å². The summed E-state index contributed by atoms with van der Waals surface area (Å²) in [4.78, 5) is 0. The molecule has 0 fully saturated rings. The van der Waals surface area contributed by atoms with Gasteiger partial charge < -0.3 is 0 Å². The number of benzene rings is 2. The van der Waals surface area contributed by atoms with Crippen molar-refractivity contribution in [1.29, 1.82) is 0 Å². The van der Waals surface area contributed by atoms with Crippen molar-refractivity contribution in [2.75, 3.05) is 0 Å². The van der Waals surface area contributed by atoms with Crippen LogP contribution in [-0.2, 0) is 11.8 Å². The number of allylic oxidation sites excluding steroid dienone is 1. The number of hydrogen-bond acceptors (Lipinski definition) is 0. The van der Waals surface area contributed by atoms with E-state index >= 15 is 0 Å². The average molecular weight is 304 g/mol. The SMILES string of the molecule is CC1=Cc2c(ccc(C(C)(C)C)c2-c2ccccc2C(C)C)C1. The Morgan fingerprint density at radius 2 is 1.65 bits per heavy atom. The molecule has 0 aromatic heterocycles. The number of hydrogen-bond donors (Lipinski definition) is 0. The van der Waals surface area contributed by atoms with Crippen LogP contribution in [0.5, 0.6) is 0 Å². The summed E-state index contributed by atoms with van der Waals surface area (Å²) < 4.78 is 0. The standard InChI is InChI=1S/C23H28/c1-15(2)18-9-7-8-10-19(18)22-20-14-16(3)13-17(20)11-12-21(22)23(4,5)6/h7-12,14-15H,13H2,1-6H3. The van der Waals surface area contributed by atoms with E-state index in [2.05, 4.69) is 84.0 Å². The number of rotatable bonds is 2. The molecule has 0 heterocycles. The monoisotopic (exact) mass is 304 g/mol. The summed E-state index contributed by atoms with van der Waals surface area (Å²) in [6.45, 7) is 13.8. The van der Waals surface area contributed by atoms with Gasteiger partial charge in [-0.15, -0.1) is 0 Å². The normalized spacial score (nSPS) is 14.1. The van der Waals surface area contributed by atoms with Gasteiger partial charge in [-0.2, -0.15) is 0 Å². The van der Waals surface area contributed by atoms with Gasteiger partial charge in [-0.3, -0.25) is 0 Å². The molecular weight excluding hydrogens is 276 g/mol. The molecule has 0 bridgehead atoms. The van der Waals surface area contributed by atoms with Crippen molar-refractivity contribution < 1.29 is 0 Å². The number of fused-ring (bicyclic) bond motifs is 1. The molecule has 3 rings (SSSR count). The Labute approximate surface area is 141 Å². The third-order valence-corrected chi connectivity index (χ3v) is 4.86. The quantitative estimate of drug-likeness (QED) is 0.576. The van der Waals surface area contributed by atoms with Gasteiger partial charge in [0.25, 0.3) is 0 Å². The van der Waals surface area contributed by atoms with E-state index in [1.165, 1.54) is 39.0 Å². The lowest BCUT2D eigenvalue weighted by Gasteiger charge is -2.27. The molecule has 120 valence electrons. The van der Waals surface area contributed by atoms with Crippen molar-refractivity contribution in [3.05, 3.63) is 64.2 Å². The van der Waals surface area contributed by atoms with Gasteiger partial charge >= 0.3 is 0 Å². The van der Waals surface area contributed by atoms with Crippen LogP contribution in [0.3, 0.4) is 0 Å². The molecule has 0 unspecified atom stereocenters. The van der Waals surface area contributed by atoms with Gasteiger partial charge in [-0.05, 0) is 58.1 Å². The van der Waals surface area contributed by atoms with Gasteiger partial charge in [-0.1, -0.05) is 82.7 Å². The van der Waals surface area contributed by atoms with Crippen LogP contribution in [0.1, 0.15) is 69.7 Å². The predicted octanol–water partition coefficient (Wildman–Crippen LogP) is 6.73. The minimum atomic E-state index is 0.138. The van der Waals surface area contributed by atoms with Crippen LogP contribution >= 0.6 is 0 Å². The molecule has 0 nitrogen and oxygen atoms in total. The second-order valence-corrected chi connectivity index (χ2v) is 8.22. The van der Waals surface area contributed by atoms with Crippen LogP contribution in [0.2, 0.25) is 0 Å². The lowest BCUT2D eigenvalue weighted by Crippen LogP contribution is -2.14. The zero-order chi connectivity index (χ0) is 16.8. The third kappa shape index (κ3) is 2.87. The molecule has 0 spiro atoms. The van der Waals surface area contributed by atoms with Gasteiger partial charge in [0.1, 0.15) is 0 Å². The summed E-state index contributed by atoms with van der Waals surface area (Å²) in [6.07, 6.45) is 3.49. The van der Waals surface area contributed by atoms with Crippen molar-refractivity contribution >= 4 is 6.08 Å². The highest BCUT2D eigenvalue weighted by Crippen LogP contribution is 2.43. The summed E-state index contributed by atoms with van der Waals surface area (Å²) in [5.41, 5.74) is 10.3.